The number of hydrogen-bond acceptors (Lipinski definition) is 3. The molecule has 0 spiro atoms. The van der Waals surface area contributed by atoms with Crippen LogP contribution in [-0.2, 0) is 5.60 Å². The first-order valence-electron chi connectivity index (χ1n) is 4.95. The third-order valence-corrected chi connectivity index (χ3v) is 2.89. The summed E-state index contributed by atoms with van der Waals surface area (Å²) in [5.74, 6) is -0.964. The normalized spacial score (nSPS) is 17.1. The van der Waals surface area contributed by atoms with Gasteiger partial charge in [-0.2, -0.15) is 0 Å². The number of furan rings is 1. The van der Waals surface area contributed by atoms with Crippen molar-refractivity contribution in [1.82, 2.24) is 0 Å². The van der Waals surface area contributed by atoms with Gasteiger partial charge in [-0.1, -0.05) is 20.3 Å². The maximum absolute atomic E-state index is 10.6. The van der Waals surface area contributed by atoms with Crippen molar-refractivity contribution in [2.45, 2.75) is 32.8 Å². The van der Waals surface area contributed by atoms with Gasteiger partial charge in [-0.15, -0.1) is 0 Å². The molecule has 15 heavy (non-hydrogen) atoms. The average molecular weight is 212 g/mol. The Morgan fingerprint density at radius 2 is 2.20 bits per heavy atom. The van der Waals surface area contributed by atoms with Crippen molar-refractivity contribution < 1.29 is 19.4 Å². The van der Waals surface area contributed by atoms with E-state index in [-0.39, 0.29) is 11.7 Å². The van der Waals surface area contributed by atoms with Gasteiger partial charge in [0, 0.05) is 0 Å². The van der Waals surface area contributed by atoms with E-state index >= 15 is 0 Å². The second-order valence-electron chi connectivity index (χ2n) is 3.93. The van der Waals surface area contributed by atoms with Gasteiger partial charge >= 0.3 is 5.97 Å². The summed E-state index contributed by atoms with van der Waals surface area (Å²) in [6.07, 6.45) is 0.788. The van der Waals surface area contributed by atoms with Gasteiger partial charge in [-0.3, -0.25) is 0 Å². The minimum atomic E-state index is -1.12. The second kappa shape index (κ2) is 4.06. The van der Waals surface area contributed by atoms with E-state index in [1.165, 1.54) is 12.1 Å². The molecule has 4 heteroatoms. The summed E-state index contributed by atoms with van der Waals surface area (Å²) in [5.41, 5.74) is -1.12. The quantitative estimate of drug-likeness (QED) is 0.802. The average Bonchev–Trinajstić information content (AvgIpc) is 2.65. The largest absolute Gasteiger partial charge is 0.475 e. The lowest BCUT2D eigenvalue weighted by molar-refractivity contribution is -0.0203. The fourth-order valence-electron chi connectivity index (χ4n) is 1.37. The number of rotatable bonds is 4. The van der Waals surface area contributed by atoms with E-state index in [0.29, 0.717) is 5.76 Å². The zero-order valence-electron chi connectivity index (χ0n) is 9.15. The minimum Gasteiger partial charge on any atom is -0.475 e. The van der Waals surface area contributed by atoms with Crippen molar-refractivity contribution in [3.8, 4) is 0 Å². The van der Waals surface area contributed by atoms with Crippen LogP contribution in [-0.4, -0.2) is 16.2 Å². The lowest BCUT2D eigenvalue weighted by Gasteiger charge is -2.27. The number of aromatic carboxylic acids is 1. The van der Waals surface area contributed by atoms with Crippen LogP contribution in [0.3, 0.4) is 0 Å². The summed E-state index contributed by atoms with van der Waals surface area (Å²) in [4.78, 5) is 10.6. The van der Waals surface area contributed by atoms with Gasteiger partial charge in [0.15, 0.2) is 0 Å². The van der Waals surface area contributed by atoms with Gasteiger partial charge < -0.3 is 14.6 Å². The van der Waals surface area contributed by atoms with Crippen molar-refractivity contribution in [2.75, 3.05) is 0 Å². The van der Waals surface area contributed by atoms with Gasteiger partial charge in [0.1, 0.15) is 11.4 Å². The van der Waals surface area contributed by atoms with Gasteiger partial charge in [0.25, 0.3) is 0 Å². The number of carbonyl (C=O) groups is 1. The van der Waals surface area contributed by atoms with E-state index in [2.05, 4.69) is 0 Å². The predicted octanol–water partition coefficient (Wildman–Crippen LogP) is 2.23. The first kappa shape index (κ1) is 11.8. The van der Waals surface area contributed by atoms with Crippen molar-refractivity contribution in [3.63, 3.8) is 0 Å². The van der Waals surface area contributed by atoms with Crippen molar-refractivity contribution in [3.05, 3.63) is 23.7 Å². The lowest BCUT2D eigenvalue weighted by atomic mass is 9.87. The van der Waals surface area contributed by atoms with Crippen LogP contribution in [0.2, 0.25) is 0 Å². The van der Waals surface area contributed by atoms with E-state index in [0.717, 1.165) is 6.42 Å². The molecule has 0 aliphatic heterocycles. The summed E-state index contributed by atoms with van der Waals surface area (Å²) in [6, 6.07) is 2.87. The van der Waals surface area contributed by atoms with Crippen LogP contribution in [0, 0.1) is 5.92 Å². The molecule has 0 saturated heterocycles. The van der Waals surface area contributed by atoms with Crippen LogP contribution in [0.25, 0.3) is 0 Å². The highest BCUT2D eigenvalue weighted by atomic mass is 16.4. The van der Waals surface area contributed by atoms with Crippen LogP contribution in [0.1, 0.15) is 43.5 Å². The van der Waals surface area contributed by atoms with Crippen LogP contribution < -0.4 is 0 Å². The molecule has 0 bridgehead atoms. The molecule has 0 aliphatic carbocycles. The van der Waals surface area contributed by atoms with E-state index < -0.39 is 11.6 Å². The fourth-order valence-corrected chi connectivity index (χ4v) is 1.37. The minimum absolute atomic E-state index is 0.00490. The van der Waals surface area contributed by atoms with E-state index in [9.17, 15) is 9.90 Å². The molecule has 1 heterocycles. The van der Waals surface area contributed by atoms with Crippen LogP contribution >= 0.6 is 0 Å². The molecule has 1 aromatic rings. The Labute approximate surface area is 88.5 Å². The number of carboxylic acid groups (broad SMARTS) is 1. The first-order valence-corrected chi connectivity index (χ1v) is 4.95. The molecule has 84 valence electrons. The molecule has 0 saturated carbocycles. The molecule has 2 N–H and O–H groups in total. The molecule has 1 aromatic heterocycles. The fraction of sp³-hybridized carbons (Fsp3) is 0.545. The maximum Gasteiger partial charge on any atom is 0.371 e. The van der Waals surface area contributed by atoms with Gasteiger partial charge in [-0.05, 0) is 25.0 Å². The van der Waals surface area contributed by atoms with Gasteiger partial charge in [0.05, 0.1) is 0 Å². The lowest BCUT2D eigenvalue weighted by Crippen LogP contribution is -2.28. The van der Waals surface area contributed by atoms with E-state index in [4.69, 9.17) is 9.52 Å². The Balaban J connectivity index is 3.00. The highest BCUT2D eigenvalue weighted by Crippen LogP contribution is 2.32. The van der Waals surface area contributed by atoms with Crippen molar-refractivity contribution in [2.24, 2.45) is 5.92 Å². The van der Waals surface area contributed by atoms with E-state index in [1.807, 2.05) is 13.8 Å². The second-order valence-corrected chi connectivity index (χ2v) is 3.93. The molecule has 1 rings (SSSR count). The third kappa shape index (κ3) is 2.21. The monoisotopic (exact) mass is 212 g/mol. The molecule has 0 amide bonds. The van der Waals surface area contributed by atoms with Crippen LogP contribution in [0.4, 0.5) is 0 Å². The Morgan fingerprint density at radius 1 is 1.60 bits per heavy atom. The van der Waals surface area contributed by atoms with Crippen molar-refractivity contribution in [1.29, 1.82) is 0 Å². The van der Waals surface area contributed by atoms with Crippen LogP contribution in [0.15, 0.2) is 16.5 Å². The molecule has 0 aliphatic rings. The predicted molar refractivity (Wildman–Crippen MR) is 54.7 cm³/mol. The summed E-state index contributed by atoms with van der Waals surface area (Å²) in [7, 11) is 0. The van der Waals surface area contributed by atoms with Gasteiger partial charge in [-0.25, -0.2) is 4.79 Å². The number of aliphatic hydroxyl groups is 1. The molecular weight excluding hydrogens is 196 g/mol. The third-order valence-electron chi connectivity index (χ3n) is 2.89. The van der Waals surface area contributed by atoms with Crippen LogP contribution in [0.5, 0.6) is 0 Å². The Kier molecular flexibility index (Phi) is 3.19. The summed E-state index contributed by atoms with van der Waals surface area (Å²) < 4.78 is 5.08. The summed E-state index contributed by atoms with van der Waals surface area (Å²) >= 11 is 0. The maximum atomic E-state index is 10.6. The Bertz CT molecular complexity index is 351. The topological polar surface area (TPSA) is 70.7 Å². The number of carboxylic acids is 1. The summed E-state index contributed by atoms with van der Waals surface area (Å²) in [6.45, 7) is 5.48. The molecule has 0 fully saturated rings. The zero-order chi connectivity index (χ0) is 11.6. The van der Waals surface area contributed by atoms with Gasteiger partial charge in [0.2, 0.25) is 5.76 Å². The molecule has 4 nitrogen and oxygen atoms in total. The molecule has 0 radical (unpaired) electrons. The number of hydrogen-bond donors (Lipinski definition) is 2. The molecular formula is C11H16O4. The standard InChI is InChI=1S/C11H16O4/c1-4-7(2)11(3,14)9-6-5-8(15-9)10(12)13/h5-7,14H,4H2,1-3H3,(H,12,13). The molecule has 2 atom stereocenters. The zero-order valence-corrected chi connectivity index (χ0v) is 9.15. The Morgan fingerprint density at radius 3 is 2.60 bits per heavy atom. The highest BCUT2D eigenvalue weighted by Gasteiger charge is 2.33. The first-order chi connectivity index (χ1) is 6.89. The van der Waals surface area contributed by atoms with E-state index in [1.54, 1.807) is 6.92 Å². The summed E-state index contributed by atoms with van der Waals surface area (Å²) in [5, 5.41) is 18.8. The Hall–Kier alpha value is -1.29. The van der Waals surface area contributed by atoms with Crippen molar-refractivity contribution >= 4 is 5.97 Å². The molecule has 0 aromatic carbocycles. The smallest absolute Gasteiger partial charge is 0.371 e. The SMILES string of the molecule is CCC(C)C(C)(O)c1ccc(C(=O)O)o1. The molecule has 2 unspecified atom stereocenters. The highest BCUT2D eigenvalue weighted by molar-refractivity contribution is 5.84.